The topological polar surface area (TPSA) is 55.9 Å². The summed E-state index contributed by atoms with van der Waals surface area (Å²) in [6.45, 7) is 2.94. The zero-order valence-corrected chi connectivity index (χ0v) is 8.88. The molecule has 1 fully saturated rings. The highest BCUT2D eigenvalue weighted by atomic mass is 15.3. The maximum Gasteiger partial charge on any atom is 0.124 e. The van der Waals surface area contributed by atoms with E-state index in [0.717, 1.165) is 24.5 Å². The van der Waals surface area contributed by atoms with Crippen molar-refractivity contribution < 1.29 is 0 Å². The highest BCUT2D eigenvalue weighted by Crippen LogP contribution is 2.35. The molecule has 14 heavy (non-hydrogen) atoms. The fraction of sp³-hybridized carbons (Fsp3) is 0.700. The fourth-order valence-electron chi connectivity index (χ4n) is 1.63. The van der Waals surface area contributed by atoms with Crippen LogP contribution in [0.25, 0.3) is 0 Å². The zero-order valence-electron chi connectivity index (χ0n) is 8.88. The van der Waals surface area contributed by atoms with Crippen molar-refractivity contribution in [2.75, 3.05) is 11.9 Å². The number of aryl methyl sites for hydroxylation is 2. The van der Waals surface area contributed by atoms with Gasteiger partial charge in [0.1, 0.15) is 5.82 Å². The van der Waals surface area contributed by atoms with E-state index in [9.17, 15) is 0 Å². The molecule has 78 valence electrons. The minimum atomic E-state index is 0.140. The summed E-state index contributed by atoms with van der Waals surface area (Å²) in [7, 11) is 1.95. The van der Waals surface area contributed by atoms with Crippen LogP contribution in [0, 0.1) is 6.92 Å². The van der Waals surface area contributed by atoms with Gasteiger partial charge >= 0.3 is 0 Å². The number of hydrogen-bond acceptors (Lipinski definition) is 3. The minimum absolute atomic E-state index is 0.140. The Balaban J connectivity index is 1.82. The van der Waals surface area contributed by atoms with Gasteiger partial charge in [0, 0.05) is 25.2 Å². The van der Waals surface area contributed by atoms with Gasteiger partial charge in [-0.25, -0.2) is 0 Å². The molecule has 1 aromatic heterocycles. The number of rotatable bonds is 4. The summed E-state index contributed by atoms with van der Waals surface area (Å²) in [5.41, 5.74) is 7.18. The van der Waals surface area contributed by atoms with Gasteiger partial charge in [-0.2, -0.15) is 5.10 Å². The quantitative estimate of drug-likeness (QED) is 0.752. The van der Waals surface area contributed by atoms with Crippen LogP contribution in [0.3, 0.4) is 0 Å². The third-order valence-corrected chi connectivity index (χ3v) is 2.82. The summed E-state index contributed by atoms with van der Waals surface area (Å²) in [6.07, 6.45) is 3.41. The Morgan fingerprint density at radius 3 is 2.86 bits per heavy atom. The summed E-state index contributed by atoms with van der Waals surface area (Å²) < 4.78 is 1.87. The highest BCUT2D eigenvalue weighted by molar-refractivity contribution is 5.36. The molecule has 0 saturated heterocycles. The second-order valence-corrected chi connectivity index (χ2v) is 4.33. The minimum Gasteiger partial charge on any atom is -0.370 e. The molecule has 4 heteroatoms. The molecule has 2 rings (SSSR count). The molecule has 0 unspecified atom stereocenters. The van der Waals surface area contributed by atoms with Crippen molar-refractivity contribution in [1.82, 2.24) is 9.78 Å². The van der Waals surface area contributed by atoms with E-state index in [4.69, 9.17) is 5.73 Å². The maximum atomic E-state index is 5.99. The third-order valence-electron chi connectivity index (χ3n) is 2.82. The van der Waals surface area contributed by atoms with E-state index in [-0.39, 0.29) is 5.54 Å². The number of hydrogen-bond donors (Lipinski definition) is 2. The first kappa shape index (κ1) is 9.52. The van der Waals surface area contributed by atoms with Crippen molar-refractivity contribution in [2.24, 2.45) is 12.8 Å². The Morgan fingerprint density at radius 1 is 1.64 bits per heavy atom. The van der Waals surface area contributed by atoms with Crippen LogP contribution in [0.5, 0.6) is 0 Å². The largest absolute Gasteiger partial charge is 0.370 e. The molecular formula is C10H18N4. The van der Waals surface area contributed by atoms with Gasteiger partial charge in [-0.3, -0.25) is 4.68 Å². The Hall–Kier alpha value is -1.03. The molecule has 0 amide bonds. The van der Waals surface area contributed by atoms with Gasteiger partial charge in [0.05, 0.1) is 5.69 Å². The molecule has 3 N–H and O–H groups in total. The number of anilines is 1. The van der Waals surface area contributed by atoms with E-state index < -0.39 is 0 Å². The smallest absolute Gasteiger partial charge is 0.124 e. The van der Waals surface area contributed by atoms with Crippen LogP contribution in [0.2, 0.25) is 0 Å². The lowest BCUT2D eigenvalue weighted by Gasteiger charge is -2.10. The summed E-state index contributed by atoms with van der Waals surface area (Å²) in [4.78, 5) is 0. The second kappa shape index (κ2) is 3.28. The van der Waals surface area contributed by atoms with Crippen molar-refractivity contribution in [2.45, 2.75) is 31.7 Å². The van der Waals surface area contributed by atoms with Crippen LogP contribution < -0.4 is 11.1 Å². The van der Waals surface area contributed by atoms with Crippen LogP contribution in [-0.4, -0.2) is 21.9 Å². The molecule has 1 saturated carbocycles. The molecule has 0 spiro atoms. The lowest BCUT2D eigenvalue weighted by atomic mass is 10.2. The highest BCUT2D eigenvalue weighted by Gasteiger charge is 2.37. The SMILES string of the molecule is Cc1cc(NCCC2(N)CC2)n(C)n1. The predicted octanol–water partition coefficient (Wildman–Crippen LogP) is 1.02. The van der Waals surface area contributed by atoms with E-state index in [1.807, 2.05) is 18.7 Å². The van der Waals surface area contributed by atoms with E-state index in [1.54, 1.807) is 0 Å². The number of aromatic nitrogens is 2. The number of nitrogens with one attached hydrogen (secondary N) is 1. The normalized spacial score (nSPS) is 18.2. The van der Waals surface area contributed by atoms with Crippen molar-refractivity contribution in [1.29, 1.82) is 0 Å². The second-order valence-electron chi connectivity index (χ2n) is 4.33. The molecule has 1 aliphatic carbocycles. The van der Waals surface area contributed by atoms with Crippen molar-refractivity contribution in [3.63, 3.8) is 0 Å². The van der Waals surface area contributed by atoms with E-state index in [1.165, 1.54) is 12.8 Å². The van der Waals surface area contributed by atoms with Gasteiger partial charge in [0.15, 0.2) is 0 Å². The Kier molecular flexibility index (Phi) is 2.23. The third kappa shape index (κ3) is 2.07. The van der Waals surface area contributed by atoms with Crippen molar-refractivity contribution >= 4 is 5.82 Å². The van der Waals surface area contributed by atoms with Crippen LogP contribution in [-0.2, 0) is 7.05 Å². The summed E-state index contributed by atoms with van der Waals surface area (Å²) >= 11 is 0. The average Bonchev–Trinajstić information content (AvgIpc) is 2.73. The van der Waals surface area contributed by atoms with Crippen LogP contribution in [0.15, 0.2) is 6.07 Å². The van der Waals surface area contributed by atoms with E-state index >= 15 is 0 Å². The summed E-state index contributed by atoms with van der Waals surface area (Å²) in [6, 6.07) is 2.05. The molecule has 0 bridgehead atoms. The Morgan fingerprint density at radius 2 is 2.36 bits per heavy atom. The van der Waals surface area contributed by atoms with Crippen LogP contribution >= 0.6 is 0 Å². The number of nitrogens with zero attached hydrogens (tertiary/aromatic N) is 2. The predicted molar refractivity (Wildman–Crippen MR) is 57.2 cm³/mol. The molecule has 1 aliphatic rings. The van der Waals surface area contributed by atoms with Gasteiger partial charge < -0.3 is 11.1 Å². The van der Waals surface area contributed by atoms with Gasteiger partial charge in [-0.1, -0.05) is 0 Å². The van der Waals surface area contributed by atoms with Crippen LogP contribution in [0.4, 0.5) is 5.82 Å². The molecular weight excluding hydrogens is 176 g/mol. The standard InChI is InChI=1S/C10H18N4/c1-8-7-9(14(2)13-8)12-6-5-10(11)3-4-10/h7,12H,3-6,11H2,1-2H3. The van der Waals surface area contributed by atoms with Gasteiger partial charge in [-0.15, -0.1) is 0 Å². The Labute approximate surface area is 84.5 Å². The fourth-order valence-corrected chi connectivity index (χ4v) is 1.63. The van der Waals surface area contributed by atoms with E-state index in [2.05, 4.69) is 16.5 Å². The molecule has 4 nitrogen and oxygen atoms in total. The van der Waals surface area contributed by atoms with E-state index in [0.29, 0.717) is 0 Å². The molecule has 0 aliphatic heterocycles. The Bertz CT molecular complexity index is 325. The first-order chi connectivity index (χ1) is 6.59. The van der Waals surface area contributed by atoms with Crippen molar-refractivity contribution in [3.05, 3.63) is 11.8 Å². The molecule has 0 radical (unpaired) electrons. The molecule has 1 aromatic rings. The number of nitrogens with two attached hydrogens (primary N) is 1. The monoisotopic (exact) mass is 194 g/mol. The van der Waals surface area contributed by atoms with Gasteiger partial charge in [-0.05, 0) is 26.2 Å². The molecule has 0 atom stereocenters. The first-order valence-electron chi connectivity index (χ1n) is 5.12. The lowest BCUT2D eigenvalue weighted by Crippen LogP contribution is -2.25. The average molecular weight is 194 g/mol. The lowest BCUT2D eigenvalue weighted by molar-refractivity contribution is 0.626. The summed E-state index contributed by atoms with van der Waals surface area (Å²) in [5, 5.41) is 7.62. The van der Waals surface area contributed by atoms with Crippen molar-refractivity contribution in [3.8, 4) is 0 Å². The zero-order chi connectivity index (χ0) is 10.2. The summed E-state index contributed by atoms with van der Waals surface area (Å²) in [5.74, 6) is 1.08. The molecule has 0 aromatic carbocycles. The van der Waals surface area contributed by atoms with Crippen LogP contribution in [0.1, 0.15) is 25.0 Å². The van der Waals surface area contributed by atoms with Gasteiger partial charge in [0.25, 0.3) is 0 Å². The maximum absolute atomic E-state index is 5.99. The molecule has 1 heterocycles. The van der Waals surface area contributed by atoms with Gasteiger partial charge in [0.2, 0.25) is 0 Å². The first-order valence-corrected chi connectivity index (χ1v) is 5.12.